The van der Waals surface area contributed by atoms with Crippen LogP contribution in [0.15, 0.2) is 48.4 Å². The number of hydrogen-bond acceptors (Lipinski definition) is 5. The Balaban J connectivity index is 2.12. The first-order valence-corrected chi connectivity index (χ1v) is 10.8. The van der Waals surface area contributed by atoms with Crippen molar-refractivity contribution in [3.63, 3.8) is 0 Å². The molecule has 0 saturated carbocycles. The minimum absolute atomic E-state index is 0.0651. The Morgan fingerprint density at radius 2 is 2.16 bits per heavy atom. The van der Waals surface area contributed by atoms with Crippen LogP contribution < -0.4 is 10.1 Å². The maximum atomic E-state index is 14.4. The van der Waals surface area contributed by atoms with Crippen LogP contribution in [0.25, 0.3) is 10.9 Å². The summed E-state index contributed by atoms with van der Waals surface area (Å²) in [6, 6.07) is 4.58. The van der Waals surface area contributed by atoms with E-state index in [1.54, 1.807) is 25.5 Å². The molecule has 164 valence electrons. The molecule has 0 saturated heterocycles. The van der Waals surface area contributed by atoms with E-state index in [0.717, 1.165) is 11.1 Å². The summed E-state index contributed by atoms with van der Waals surface area (Å²) in [5.74, 6) is 2.06. The molecular weight excluding hydrogens is 415 g/mol. The number of carbonyl (C=O) groups excluding carboxylic acids is 1. The Kier molecular flexibility index (Phi) is 8.12. The van der Waals surface area contributed by atoms with Gasteiger partial charge in [-0.25, -0.2) is 4.39 Å². The van der Waals surface area contributed by atoms with Crippen molar-refractivity contribution in [1.29, 1.82) is 0 Å². The second kappa shape index (κ2) is 10.4. The molecule has 0 aliphatic carbocycles. The molecule has 1 N–H and O–H groups in total. The molecular formula is C24H27FN2O3S. The number of fused-ring (bicyclic) bond motifs is 1. The van der Waals surface area contributed by atoms with Gasteiger partial charge in [-0.3, -0.25) is 9.78 Å². The first-order chi connectivity index (χ1) is 14.6. The Hall–Kier alpha value is -2.98. The predicted molar refractivity (Wildman–Crippen MR) is 125 cm³/mol. The monoisotopic (exact) mass is 442 g/mol. The highest BCUT2D eigenvalue weighted by molar-refractivity contribution is 7.99. The lowest BCUT2D eigenvalue weighted by Gasteiger charge is -2.31. The van der Waals surface area contributed by atoms with Crippen molar-refractivity contribution in [2.45, 2.75) is 31.6 Å². The van der Waals surface area contributed by atoms with Crippen LogP contribution in [0.2, 0.25) is 0 Å². The molecule has 0 aliphatic rings. The van der Waals surface area contributed by atoms with Crippen molar-refractivity contribution in [2.75, 3.05) is 20.0 Å². The van der Waals surface area contributed by atoms with E-state index in [-0.39, 0.29) is 18.0 Å². The van der Waals surface area contributed by atoms with Crippen molar-refractivity contribution >= 4 is 28.6 Å². The first kappa shape index (κ1) is 24.3. The van der Waals surface area contributed by atoms with Gasteiger partial charge in [-0.2, -0.15) is 0 Å². The number of methoxy groups -OCH3 is 1. The molecule has 7 heteroatoms. The second-order valence-electron chi connectivity index (χ2n) is 7.51. The topological polar surface area (TPSA) is 60.5 Å². The Bertz CT molecular complexity index is 1060. The maximum absolute atomic E-state index is 14.4. The van der Waals surface area contributed by atoms with Crippen LogP contribution in [0.1, 0.15) is 26.3 Å². The molecule has 1 aromatic carbocycles. The highest BCUT2D eigenvalue weighted by Crippen LogP contribution is 2.25. The molecule has 1 amide bonds. The van der Waals surface area contributed by atoms with Crippen LogP contribution in [0.4, 0.5) is 4.39 Å². The Morgan fingerprint density at radius 1 is 1.45 bits per heavy atom. The highest BCUT2D eigenvalue weighted by atomic mass is 32.2. The summed E-state index contributed by atoms with van der Waals surface area (Å²) >= 11 is 1.34. The van der Waals surface area contributed by atoms with Crippen molar-refractivity contribution in [1.82, 2.24) is 10.3 Å². The Morgan fingerprint density at radius 3 is 2.77 bits per heavy atom. The lowest BCUT2D eigenvalue weighted by Crippen LogP contribution is -2.49. The largest absolute Gasteiger partial charge is 0.504 e. The molecule has 0 spiro atoms. The molecule has 2 aromatic rings. The smallest absolute Gasteiger partial charge is 0.237 e. The van der Waals surface area contributed by atoms with Gasteiger partial charge in [-0.05, 0) is 50.3 Å². The summed E-state index contributed by atoms with van der Waals surface area (Å²) < 4.78 is 25.2. The number of thioether (sulfide) groups is 1. The third kappa shape index (κ3) is 6.02. The molecule has 1 atom stereocenters. The summed E-state index contributed by atoms with van der Waals surface area (Å²) in [6.07, 6.45) is 10.2. The van der Waals surface area contributed by atoms with Gasteiger partial charge in [-0.1, -0.05) is 12.5 Å². The predicted octanol–water partition coefficient (Wildman–Crippen LogP) is 4.47. The number of pyridine rings is 1. The number of rotatable bonds is 9. The number of hydrogen-bond donors (Lipinski definition) is 1. The summed E-state index contributed by atoms with van der Waals surface area (Å²) in [6.45, 7) is 9.73. The Labute approximate surface area is 187 Å². The van der Waals surface area contributed by atoms with Gasteiger partial charge in [0.15, 0.2) is 5.82 Å². The van der Waals surface area contributed by atoms with Gasteiger partial charge in [0.2, 0.25) is 5.91 Å². The number of benzene rings is 1. The normalized spacial score (nSPS) is 12.7. The zero-order chi connectivity index (χ0) is 23.2. The van der Waals surface area contributed by atoms with Gasteiger partial charge in [0.25, 0.3) is 0 Å². The average Bonchev–Trinajstić information content (AvgIpc) is 2.72. The van der Waals surface area contributed by atoms with Crippen LogP contribution in [-0.2, 0) is 9.53 Å². The van der Waals surface area contributed by atoms with Crippen molar-refractivity contribution < 1.29 is 18.7 Å². The van der Waals surface area contributed by atoms with E-state index in [1.807, 2.05) is 27.0 Å². The van der Waals surface area contributed by atoms with E-state index in [2.05, 4.69) is 22.8 Å². The number of terminal acetylenes is 1. The summed E-state index contributed by atoms with van der Waals surface area (Å²) in [4.78, 5) is 16.9. The summed E-state index contributed by atoms with van der Waals surface area (Å²) in [5, 5.41) is 3.03. The molecule has 0 bridgehead atoms. The molecule has 1 unspecified atom stereocenters. The fraction of sp³-hybridized carbons (Fsp3) is 0.333. The van der Waals surface area contributed by atoms with Crippen LogP contribution in [0, 0.1) is 18.2 Å². The molecule has 0 fully saturated rings. The number of nitrogens with zero attached hydrogens (tertiary/aromatic N) is 1. The lowest BCUT2D eigenvalue weighted by atomic mass is 9.90. The molecule has 2 rings (SSSR count). The number of nitrogens with one attached hydrogen (secondary N) is 1. The average molecular weight is 443 g/mol. The van der Waals surface area contributed by atoms with Gasteiger partial charge in [0.1, 0.15) is 23.1 Å². The number of amides is 1. The highest BCUT2D eigenvalue weighted by Gasteiger charge is 2.29. The van der Waals surface area contributed by atoms with Crippen LogP contribution in [0.3, 0.4) is 0 Å². The standard InChI is InChI=1S/C24H27FN2O3S/c1-8-17-9-18-10-19(11-20(25)22(18)26-12-17)30-14-21(31-7)23(28)27-24(4,5)16(3)15(2)13-29-6/h1,9-13,21H,3,14H2,2,4-7H3,(H,27,28)/b15-13-. The number of ether oxygens (including phenoxy) is 2. The SMILES string of the molecule is C#Cc1cnc2c(F)cc(OCC(SC)C(=O)NC(C)(C)C(=C)/C(C)=C\OC)cc2c1. The van der Waals surface area contributed by atoms with Gasteiger partial charge in [0, 0.05) is 23.2 Å². The van der Waals surface area contributed by atoms with Crippen molar-refractivity contribution in [3.05, 3.63) is 59.8 Å². The molecule has 1 aromatic heterocycles. The van der Waals surface area contributed by atoms with Gasteiger partial charge >= 0.3 is 0 Å². The van der Waals surface area contributed by atoms with Crippen LogP contribution >= 0.6 is 11.8 Å². The molecule has 0 radical (unpaired) electrons. The number of carbonyl (C=O) groups is 1. The zero-order valence-electron chi connectivity index (χ0n) is 18.4. The van der Waals surface area contributed by atoms with Crippen molar-refractivity contribution in [3.8, 4) is 18.1 Å². The third-order valence-electron chi connectivity index (χ3n) is 4.82. The van der Waals surface area contributed by atoms with Crippen LogP contribution in [-0.4, -0.2) is 41.7 Å². The van der Waals surface area contributed by atoms with E-state index in [9.17, 15) is 9.18 Å². The molecule has 31 heavy (non-hydrogen) atoms. The first-order valence-electron chi connectivity index (χ1n) is 9.55. The van der Waals surface area contributed by atoms with Gasteiger partial charge in [0.05, 0.1) is 18.9 Å². The van der Waals surface area contributed by atoms with Gasteiger partial charge < -0.3 is 14.8 Å². The number of aromatic nitrogens is 1. The van der Waals surface area contributed by atoms with E-state index in [4.69, 9.17) is 15.9 Å². The van der Waals surface area contributed by atoms with E-state index in [0.29, 0.717) is 16.7 Å². The van der Waals surface area contributed by atoms with E-state index in [1.165, 1.54) is 24.0 Å². The minimum atomic E-state index is -0.684. The third-order valence-corrected chi connectivity index (χ3v) is 5.74. The number of halogens is 1. The van der Waals surface area contributed by atoms with Crippen molar-refractivity contribution in [2.24, 2.45) is 0 Å². The fourth-order valence-electron chi connectivity index (χ4n) is 2.97. The van der Waals surface area contributed by atoms with Crippen LogP contribution in [0.5, 0.6) is 5.75 Å². The molecule has 5 nitrogen and oxygen atoms in total. The molecule has 1 heterocycles. The van der Waals surface area contributed by atoms with E-state index >= 15 is 0 Å². The lowest BCUT2D eigenvalue weighted by molar-refractivity contribution is -0.122. The quantitative estimate of drug-likeness (QED) is 0.353. The minimum Gasteiger partial charge on any atom is -0.504 e. The fourth-order valence-corrected chi connectivity index (χ4v) is 3.45. The molecule has 0 aliphatic heterocycles. The van der Waals surface area contributed by atoms with E-state index < -0.39 is 16.6 Å². The van der Waals surface area contributed by atoms with Gasteiger partial charge in [-0.15, -0.1) is 18.2 Å². The summed E-state index contributed by atoms with van der Waals surface area (Å²) in [5.41, 5.74) is 1.64. The summed E-state index contributed by atoms with van der Waals surface area (Å²) in [7, 11) is 1.56. The zero-order valence-corrected chi connectivity index (χ0v) is 19.2. The second-order valence-corrected chi connectivity index (χ2v) is 8.55. The maximum Gasteiger partial charge on any atom is 0.237 e.